The molecule has 22 heavy (non-hydrogen) atoms. The lowest BCUT2D eigenvalue weighted by Gasteiger charge is -2.17. The summed E-state index contributed by atoms with van der Waals surface area (Å²) in [7, 11) is 1.44. The molecule has 114 valence electrons. The quantitative estimate of drug-likeness (QED) is 0.847. The number of benzene rings is 1. The molecule has 1 amide bonds. The number of carbonyl (C=O) groups is 2. The lowest BCUT2D eigenvalue weighted by Crippen LogP contribution is -2.32. The average Bonchev–Trinajstić information content (AvgIpc) is 2.49. The zero-order valence-electron chi connectivity index (χ0n) is 11.9. The number of carboxylic acids is 1. The molecular formula is C15H15N3O4. The fourth-order valence-electron chi connectivity index (χ4n) is 1.97. The number of aliphatic carboxylic acids is 1. The van der Waals surface area contributed by atoms with E-state index in [1.807, 2.05) is 0 Å². The number of rotatable bonds is 5. The maximum absolute atomic E-state index is 12.2. The number of nitrogens with zero attached hydrogens (tertiary/aromatic N) is 2. The standard InChI is InChI=1S/C15H15N3O4/c1-18-13(19)8-7-11(17-18)15(22)16-12(9-14(20)21)10-5-3-2-4-6-10/h2-8,12H,9H2,1H3,(H,16,22)(H,20,21). The molecule has 2 rings (SSSR count). The van der Waals surface area contributed by atoms with Gasteiger partial charge in [-0.25, -0.2) is 4.68 Å². The van der Waals surface area contributed by atoms with Crippen LogP contribution in [-0.2, 0) is 11.8 Å². The number of hydrogen-bond acceptors (Lipinski definition) is 4. The number of aryl methyl sites for hydroxylation is 1. The number of amides is 1. The predicted octanol–water partition coefficient (Wildman–Crippen LogP) is 0.726. The minimum Gasteiger partial charge on any atom is -0.481 e. The van der Waals surface area contributed by atoms with Crippen molar-refractivity contribution in [2.45, 2.75) is 12.5 Å². The molecule has 0 saturated carbocycles. The van der Waals surface area contributed by atoms with Crippen LogP contribution in [0.25, 0.3) is 0 Å². The van der Waals surface area contributed by atoms with E-state index in [1.54, 1.807) is 30.3 Å². The van der Waals surface area contributed by atoms with Gasteiger partial charge in [-0.15, -0.1) is 0 Å². The largest absolute Gasteiger partial charge is 0.481 e. The Morgan fingerprint density at radius 3 is 2.50 bits per heavy atom. The van der Waals surface area contributed by atoms with Gasteiger partial charge in [-0.05, 0) is 11.6 Å². The molecule has 0 spiro atoms. The van der Waals surface area contributed by atoms with E-state index in [2.05, 4.69) is 10.4 Å². The first-order chi connectivity index (χ1) is 10.5. The zero-order valence-corrected chi connectivity index (χ0v) is 11.9. The van der Waals surface area contributed by atoms with Crippen molar-refractivity contribution in [3.05, 3.63) is 64.1 Å². The minimum atomic E-state index is -1.03. The molecule has 0 aliphatic heterocycles. The van der Waals surface area contributed by atoms with Crippen molar-refractivity contribution in [3.63, 3.8) is 0 Å². The molecule has 1 aromatic carbocycles. The molecule has 0 bridgehead atoms. The fourth-order valence-corrected chi connectivity index (χ4v) is 1.97. The van der Waals surface area contributed by atoms with E-state index in [0.29, 0.717) is 5.56 Å². The molecule has 1 unspecified atom stereocenters. The Bertz CT molecular complexity index is 740. The van der Waals surface area contributed by atoms with E-state index >= 15 is 0 Å². The van der Waals surface area contributed by atoms with Gasteiger partial charge in [-0.3, -0.25) is 14.4 Å². The number of aromatic nitrogens is 2. The van der Waals surface area contributed by atoms with Crippen LogP contribution in [0, 0.1) is 0 Å². The molecule has 2 aromatic rings. The van der Waals surface area contributed by atoms with Gasteiger partial charge in [0.1, 0.15) is 5.69 Å². The first-order valence-electron chi connectivity index (χ1n) is 6.59. The lowest BCUT2D eigenvalue weighted by atomic mass is 10.0. The smallest absolute Gasteiger partial charge is 0.305 e. The van der Waals surface area contributed by atoms with E-state index in [-0.39, 0.29) is 17.7 Å². The van der Waals surface area contributed by atoms with Crippen LogP contribution in [0.3, 0.4) is 0 Å². The Morgan fingerprint density at radius 2 is 1.91 bits per heavy atom. The summed E-state index contributed by atoms with van der Waals surface area (Å²) in [4.78, 5) is 34.5. The maximum Gasteiger partial charge on any atom is 0.305 e. The predicted molar refractivity (Wildman–Crippen MR) is 78.4 cm³/mol. The van der Waals surface area contributed by atoms with E-state index in [0.717, 1.165) is 4.68 Å². The Hall–Kier alpha value is -2.96. The van der Waals surface area contributed by atoms with E-state index in [4.69, 9.17) is 5.11 Å². The summed E-state index contributed by atoms with van der Waals surface area (Å²) in [5.41, 5.74) is 0.401. The molecule has 7 heteroatoms. The Labute approximate surface area is 126 Å². The Morgan fingerprint density at radius 1 is 1.23 bits per heavy atom. The van der Waals surface area contributed by atoms with Crippen LogP contribution in [0.15, 0.2) is 47.3 Å². The maximum atomic E-state index is 12.2. The van der Waals surface area contributed by atoms with Gasteiger partial charge in [0.15, 0.2) is 0 Å². The third-order valence-corrected chi connectivity index (χ3v) is 3.08. The SMILES string of the molecule is Cn1nc(C(=O)NC(CC(=O)O)c2ccccc2)ccc1=O. The number of carboxylic acid groups (broad SMARTS) is 1. The molecule has 2 N–H and O–H groups in total. The number of carbonyl (C=O) groups excluding carboxylic acids is 1. The van der Waals surface area contributed by atoms with Gasteiger partial charge in [0.2, 0.25) is 0 Å². The van der Waals surface area contributed by atoms with Crippen LogP contribution in [0.4, 0.5) is 0 Å². The van der Waals surface area contributed by atoms with E-state index in [9.17, 15) is 14.4 Å². The number of nitrogens with one attached hydrogen (secondary N) is 1. The summed E-state index contributed by atoms with van der Waals surface area (Å²) in [5, 5.41) is 15.5. The van der Waals surface area contributed by atoms with Crippen molar-refractivity contribution in [1.82, 2.24) is 15.1 Å². The summed E-state index contributed by atoms with van der Waals surface area (Å²) in [6, 6.07) is 10.7. The van der Waals surface area contributed by atoms with Gasteiger partial charge in [0.05, 0.1) is 12.5 Å². The van der Waals surface area contributed by atoms with Crippen LogP contribution in [0.2, 0.25) is 0 Å². The average molecular weight is 301 g/mol. The van der Waals surface area contributed by atoms with Gasteiger partial charge in [-0.1, -0.05) is 30.3 Å². The topological polar surface area (TPSA) is 101 Å². The fraction of sp³-hybridized carbons (Fsp3) is 0.200. The highest BCUT2D eigenvalue weighted by Gasteiger charge is 2.19. The molecule has 0 aliphatic rings. The van der Waals surface area contributed by atoms with Gasteiger partial charge < -0.3 is 10.4 Å². The minimum absolute atomic E-state index is 0.0495. The summed E-state index contributed by atoms with van der Waals surface area (Å²) in [5.74, 6) is -1.56. The Kier molecular flexibility index (Phi) is 4.67. The van der Waals surface area contributed by atoms with Crippen molar-refractivity contribution >= 4 is 11.9 Å². The lowest BCUT2D eigenvalue weighted by molar-refractivity contribution is -0.137. The highest BCUT2D eigenvalue weighted by molar-refractivity contribution is 5.92. The second kappa shape index (κ2) is 6.66. The third-order valence-electron chi connectivity index (χ3n) is 3.08. The normalized spacial score (nSPS) is 11.7. The molecule has 0 fully saturated rings. The molecule has 0 aliphatic carbocycles. The highest BCUT2D eigenvalue weighted by atomic mass is 16.4. The van der Waals surface area contributed by atoms with Crippen molar-refractivity contribution < 1.29 is 14.7 Å². The molecule has 0 saturated heterocycles. The summed E-state index contributed by atoms with van der Waals surface area (Å²) in [6.07, 6.45) is -0.248. The number of hydrogen-bond donors (Lipinski definition) is 2. The van der Waals surface area contributed by atoms with Gasteiger partial charge in [0.25, 0.3) is 11.5 Å². The third kappa shape index (κ3) is 3.78. The van der Waals surface area contributed by atoms with Gasteiger partial charge >= 0.3 is 5.97 Å². The van der Waals surface area contributed by atoms with Crippen LogP contribution >= 0.6 is 0 Å². The second-order valence-corrected chi connectivity index (χ2v) is 4.72. The molecule has 1 atom stereocenters. The van der Waals surface area contributed by atoms with Crippen LogP contribution in [-0.4, -0.2) is 26.8 Å². The van der Waals surface area contributed by atoms with Crippen molar-refractivity contribution in [2.24, 2.45) is 7.05 Å². The monoisotopic (exact) mass is 301 g/mol. The summed E-state index contributed by atoms with van der Waals surface area (Å²) in [6.45, 7) is 0. The molecule has 0 radical (unpaired) electrons. The molecule has 1 aromatic heterocycles. The summed E-state index contributed by atoms with van der Waals surface area (Å²) >= 11 is 0. The Balaban J connectivity index is 2.22. The first-order valence-corrected chi connectivity index (χ1v) is 6.59. The van der Waals surface area contributed by atoms with Gasteiger partial charge in [0, 0.05) is 13.1 Å². The first kappa shape index (κ1) is 15.4. The second-order valence-electron chi connectivity index (χ2n) is 4.72. The molecule has 7 nitrogen and oxygen atoms in total. The molecule has 1 heterocycles. The van der Waals surface area contributed by atoms with E-state index < -0.39 is 17.9 Å². The van der Waals surface area contributed by atoms with Crippen molar-refractivity contribution in [2.75, 3.05) is 0 Å². The zero-order chi connectivity index (χ0) is 16.1. The van der Waals surface area contributed by atoms with Crippen LogP contribution in [0.5, 0.6) is 0 Å². The molecular weight excluding hydrogens is 286 g/mol. The van der Waals surface area contributed by atoms with Crippen molar-refractivity contribution in [1.29, 1.82) is 0 Å². The highest BCUT2D eigenvalue weighted by Crippen LogP contribution is 2.16. The summed E-state index contributed by atoms with van der Waals surface area (Å²) < 4.78 is 1.05. The van der Waals surface area contributed by atoms with Crippen LogP contribution < -0.4 is 10.9 Å². The van der Waals surface area contributed by atoms with Crippen molar-refractivity contribution in [3.8, 4) is 0 Å². The van der Waals surface area contributed by atoms with E-state index in [1.165, 1.54) is 19.2 Å². The van der Waals surface area contributed by atoms with Gasteiger partial charge in [-0.2, -0.15) is 5.10 Å². The van der Waals surface area contributed by atoms with Crippen LogP contribution in [0.1, 0.15) is 28.5 Å².